The number of unbranched alkanes of at least 4 members (excludes halogenated alkanes) is 2. The minimum atomic E-state index is 0.108. The number of rotatable bonds is 3. The summed E-state index contributed by atoms with van der Waals surface area (Å²) in [6, 6.07) is 0. The first-order valence-electron chi connectivity index (χ1n) is 3.87. The average Bonchev–Trinajstić information content (AvgIpc) is 1.93. The SMILES string of the molecule is C#CCCO.CCCCC. The molecule has 0 aromatic carbocycles. The van der Waals surface area contributed by atoms with Gasteiger partial charge in [0.2, 0.25) is 0 Å². The smallest absolute Gasteiger partial charge is 0.0540 e. The van der Waals surface area contributed by atoms with Crippen molar-refractivity contribution in [1.29, 1.82) is 0 Å². The van der Waals surface area contributed by atoms with Gasteiger partial charge in [0, 0.05) is 6.42 Å². The zero-order valence-corrected chi connectivity index (χ0v) is 7.06. The first-order valence-corrected chi connectivity index (χ1v) is 3.87. The lowest BCUT2D eigenvalue weighted by Gasteiger charge is -1.79. The maximum atomic E-state index is 7.92. The fourth-order valence-corrected chi connectivity index (χ4v) is 0.418. The molecule has 0 aliphatic rings. The van der Waals surface area contributed by atoms with E-state index in [1.165, 1.54) is 19.3 Å². The molecule has 0 aliphatic heterocycles. The van der Waals surface area contributed by atoms with Crippen LogP contribution < -0.4 is 0 Å². The molecule has 0 amide bonds. The fraction of sp³-hybridized carbons (Fsp3) is 0.778. The molecule has 0 heterocycles. The molecule has 0 atom stereocenters. The van der Waals surface area contributed by atoms with Gasteiger partial charge in [-0.2, -0.15) is 0 Å². The van der Waals surface area contributed by atoms with Crippen LogP contribution >= 0.6 is 0 Å². The number of terminal acetylenes is 1. The van der Waals surface area contributed by atoms with Gasteiger partial charge in [0.15, 0.2) is 0 Å². The zero-order chi connectivity index (χ0) is 8.24. The molecule has 1 nitrogen and oxygen atoms in total. The van der Waals surface area contributed by atoms with Gasteiger partial charge in [-0.15, -0.1) is 12.3 Å². The van der Waals surface area contributed by atoms with E-state index in [-0.39, 0.29) is 6.61 Å². The van der Waals surface area contributed by atoms with Crippen LogP contribution in [0.2, 0.25) is 0 Å². The lowest BCUT2D eigenvalue weighted by atomic mass is 10.3. The molecule has 0 spiro atoms. The molecule has 60 valence electrons. The van der Waals surface area contributed by atoms with Crippen LogP contribution in [0.1, 0.15) is 39.5 Å². The van der Waals surface area contributed by atoms with Gasteiger partial charge in [0.05, 0.1) is 6.61 Å². The highest BCUT2D eigenvalue weighted by molar-refractivity contribution is 4.82. The maximum absolute atomic E-state index is 7.92. The van der Waals surface area contributed by atoms with Crippen molar-refractivity contribution in [3.63, 3.8) is 0 Å². The summed E-state index contributed by atoms with van der Waals surface area (Å²) >= 11 is 0. The van der Waals surface area contributed by atoms with Crippen molar-refractivity contribution in [2.75, 3.05) is 6.61 Å². The van der Waals surface area contributed by atoms with Crippen LogP contribution in [0.15, 0.2) is 0 Å². The van der Waals surface area contributed by atoms with E-state index in [2.05, 4.69) is 19.8 Å². The molecule has 0 fully saturated rings. The number of hydrogen-bond acceptors (Lipinski definition) is 1. The van der Waals surface area contributed by atoms with Crippen LogP contribution in [0, 0.1) is 12.3 Å². The summed E-state index contributed by atoms with van der Waals surface area (Å²) in [5.41, 5.74) is 0. The van der Waals surface area contributed by atoms with Gasteiger partial charge in [0.25, 0.3) is 0 Å². The van der Waals surface area contributed by atoms with Crippen LogP contribution in [0.3, 0.4) is 0 Å². The van der Waals surface area contributed by atoms with Crippen molar-refractivity contribution in [1.82, 2.24) is 0 Å². The standard InChI is InChI=1S/C5H12.C4H6O/c1-3-5-4-2;1-2-3-4-5/h3-5H2,1-2H3;1,5H,3-4H2. The van der Waals surface area contributed by atoms with Gasteiger partial charge in [-0.3, -0.25) is 0 Å². The van der Waals surface area contributed by atoms with Crippen molar-refractivity contribution in [3.8, 4) is 12.3 Å². The fourth-order valence-electron chi connectivity index (χ4n) is 0.418. The van der Waals surface area contributed by atoms with E-state index in [9.17, 15) is 0 Å². The summed E-state index contributed by atoms with van der Waals surface area (Å²) in [4.78, 5) is 0. The van der Waals surface area contributed by atoms with Gasteiger partial charge in [-0.1, -0.05) is 33.1 Å². The molecule has 0 aromatic heterocycles. The Morgan fingerprint density at radius 2 is 1.80 bits per heavy atom. The third kappa shape index (κ3) is 25.8. The highest BCUT2D eigenvalue weighted by Crippen LogP contribution is 1.88. The molecule has 1 heteroatoms. The molecule has 0 unspecified atom stereocenters. The number of aliphatic hydroxyl groups is 1. The Bertz CT molecular complexity index is 69.3. The van der Waals surface area contributed by atoms with E-state index in [0.29, 0.717) is 6.42 Å². The minimum Gasteiger partial charge on any atom is -0.395 e. The third-order valence-electron chi connectivity index (χ3n) is 0.963. The van der Waals surface area contributed by atoms with E-state index >= 15 is 0 Å². The normalized spacial score (nSPS) is 7.40. The average molecular weight is 142 g/mol. The van der Waals surface area contributed by atoms with Gasteiger partial charge in [-0.05, 0) is 0 Å². The van der Waals surface area contributed by atoms with E-state index in [1.807, 2.05) is 0 Å². The van der Waals surface area contributed by atoms with E-state index < -0.39 is 0 Å². The highest BCUT2D eigenvalue weighted by atomic mass is 16.2. The zero-order valence-electron chi connectivity index (χ0n) is 7.06. The monoisotopic (exact) mass is 142 g/mol. The van der Waals surface area contributed by atoms with Crippen LogP contribution in [-0.4, -0.2) is 11.7 Å². The second kappa shape index (κ2) is 15.8. The van der Waals surface area contributed by atoms with E-state index in [0.717, 1.165) is 0 Å². The molecule has 0 radical (unpaired) electrons. The Balaban J connectivity index is 0. The summed E-state index contributed by atoms with van der Waals surface area (Å²) in [6.45, 7) is 4.53. The quantitative estimate of drug-likeness (QED) is 0.599. The summed E-state index contributed by atoms with van der Waals surface area (Å²) in [6.07, 6.45) is 9.28. The van der Waals surface area contributed by atoms with Gasteiger partial charge < -0.3 is 5.11 Å². The summed E-state index contributed by atoms with van der Waals surface area (Å²) in [5, 5.41) is 7.92. The molecule has 0 rings (SSSR count). The Kier molecular flexibility index (Phi) is 19.3. The van der Waals surface area contributed by atoms with Crippen LogP contribution in [-0.2, 0) is 0 Å². The largest absolute Gasteiger partial charge is 0.395 e. The van der Waals surface area contributed by atoms with Gasteiger partial charge >= 0.3 is 0 Å². The summed E-state index contributed by atoms with van der Waals surface area (Å²) in [7, 11) is 0. The Morgan fingerprint density at radius 3 is 1.80 bits per heavy atom. The predicted octanol–water partition coefficient (Wildman–Crippen LogP) is 2.20. The van der Waals surface area contributed by atoms with Crippen LogP contribution in [0.4, 0.5) is 0 Å². The van der Waals surface area contributed by atoms with Crippen molar-refractivity contribution < 1.29 is 5.11 Å². The van der Waals surface area contributed by atoms with Crippen molar-refractivity contribution in [2.24, 2.45) is 0 Å². The predicted molar refractivity (Wildman–Crippen MR) is 45.7 cm³/mol. The third-order valence-corrected chi connectivity index (χ3v) is 0.963. The van der Waals surface area contributed by atoms with Crippen LogP contribution in [0.25, 0.3) is 0 Å². The highest BCUT2D eigenvalue weighted by Gasteiger charge is 1.68. The van der Waals surface area contributed by atoms with Crippen molar-refractivity contribution in [2.45, 2.75) is 39.5 Å². The van der Waals surface area contributed by atoms with E-state index in [4.69, 9.17) is 11.5 Å². The molecule has 1 N–H and O–H groups in total. The first kappa shape index (κ1) is 12.2. The molecule has 0 bridgehead atoms. The Hall–Kier alpha value is -0.480. The second-order valence-electron chi connectivity index (χ2n) is 2.03. The Labute approximate surface area is 64.5 Å². The lowest BCUT2D eigenvalue weighted by molar-refractivity contribution is 0.305. The van der Waals surface area contributed by atoms with E-state index in [1.54, 1.807) is 0 Å². The first-order chi connectivity index (χ1) is 4.83. The molecule has 0 saturated heterocycles. The van der Waals surface area contributed by atoms with Crippen molar-refractivity contribution >= 4 is 0 Å². The summed E-state index contributed by atoms with van der Waals surface area (Å²) < 4.78 is 0. The number of hydrogen-bond donors (Lipinski definition) is 1. The molecule has 0 aliphatic carbocycles. The molecular weight excluding hydrogens is 124 g/mol. The van der Waals surface area contributed by atoms with Gasteiger partial charge in [0.1, 0.15) is 0 Å². The minimum absolute atomic E-state index is 0.108. The van der Waals surface area contributed by atoms with Gasteiger partial charge in [-0.25, -0.2) is 0 Å². The molecule has 0 saturated carbocycles. The topological polar surface area (TPSA) is 20.2 Å². The Morgan fingerprint density at radius 1 is 1.30 bits per heavy atom. The number of aliphatic hydroxyl groups excluding tert-OH is 1. The summed E-state index contributed by atoms with van der Waals surface area (Å²) in [5.74, 6) is 2.27. The molecular formula is C9H18O. The van der Waals surface area contributed by atoms with Crippen molar-refractivity contribution in [3.05, 3.63) is 0 Å². The lowest BCUT2D eigenvalue weighted by Crippen LogP contribution is -1.72. The van der Waals surface area contributed by atoms with Crippen LogP contribution in [0.5, 0.6) is 0 Å². The maximum Gasteiger partial charge on any atom is 0.0540 e. The molecule has 0 aromatic rings. The second-order valence-corrected chi connectivity index (χ2v) is 2.03. The molecule has 10 heavy (non-hydrogen) atoms.